The Balaban J connectivity index is 1.89. The maximum Gasteiger partial charge on any atom is 0.102 e. The van der Waals surface area contributed by atoms with Crippen molar-refractivity contribution < 1.29 is 0 Å². The van der Waals surface area contributed by atoms with Crippen LogP contribution in [0.2, 0.25) is 0 Å². The van der Waals surface area contributed by atoms with Crippen LogP contribution >= 0.6 is 0 Å². The number of nitrogens with zero attached hydrogens (tertiary/aromatic N) is 2. The molecule has 1 unspecified atom stereocenters. The minimum Gasteiger partial charge on any atom is -0.329 e. The van der Waals surface area contributed by atoms with Gasteiger partial charge in [0, 0.05) is 25.8 Å². The average molecular weight is 308 g/mol. The highest BCUT2D eigenvalue weighted by Gasteiger charge is 2.18. The van der Waals surface area contributed by atoms with Gasteiger partial charge in [-0.25, -0.2) is 0 Å². The van der Waals surface area contributed by atoms with Gasteiger partial charge in [-0.1, -0.05) is 57.6 Å². The molecule has 3 heteroatoms. The maximum absolute atomic E-state index is 5.63. The molecule has 0 bridgehead atoms. The van der Waals surface area contributed by atoms with Crippen molar-refractivity contribution in [1.82, 2.24) is 4.90 Å². The summed E-state index contributed by atoms with van der Waals surface area (Å²) >= 11 is 0. The number of nitrogens with two attached hydrogens (primary N) is 1. The Morgan fingerprint density at radius 2 is 1.73 bits per heavy atom. The van der Waals surface area contributed by atoms with Crippen molar-refractivity contribution in [2.45, 2.75) is 83.7 Å². The number of unbranched alkanes of at least 4 members (excludes halogenated alkanes) is 8. The lowest BCUT2D eigenvalue weighted by Crippen LogP contribution is -2.34. The molecule has 1 aliphatic rings. The number of hydrogen-bond donors (Lipinski definition) is 1. The molecule has 2 N–H and O–H groups in total. The second-order valence-corrected chi connectivity index (χ2v) is 6.41. The summed E-state index contributed by atoms with van der Waals surface area (Å²) in [5, 5.41) is 0. The van der Waals surface area contributed by atoms with Crippen LogP contribution in [0.1, 0.15) is 77.6 Å². The normalized spacial score (nSPS) is 18.7. The van der Waals surface area contributed by atoms with Gasteiger partial charge in [0.15, 0.2) is 0 Å². The smallest absolute Gasteiger partial charge is 0.102 e. The summed E-state index contributed by atoms with van der Waals surface area (Å²) in [4.78, 5) is 6.92. The Kier molecular flexibility index (Phi) is 12.3. The molecule has 0 saturated heterocycles. The van der Waals surface area contributed by atoms with Gasteiger partial charge in [0.2, 0.25) is 0 Å². The molecule has 0 aliphatic carbocycles. The SMILES string of the molecule is CCCCCCCCC/C=C/CCCC1N=CCN1CCN. The first-order valence-corrected chi connectivity index (χ1v) is 9.49. The number of rotatable bonds is 14. The van der Waals surface area contributed by atoms with Gasteiger partial charge in [0.25, 0.3) is 0 Å². The largest absolute Gasteiger partial charge is 0.329 e. The number of hydrogen-bond acceptors (Lipinski definition) is 3. The van der Waals surface area contributed by atoms with Crippen LogP contribution in [-0.4, -0.2) is 36.9 Å². The van der Waals surface area contributed by atoms with Crippen molar-refractivity contribution in [3.63, 3.8) is 0 Å². The van der Waals surface area contributed by atoms with E-state index in [9.17, 15) is 0 Å². The van der Waals surface area contributed by atoms with Crippen molar-refractivity contribution >= 4 is 6.21 Å². The highest BCUT2D eigenvalue weighted by Crippen LogP contribution is 2.14. The van der Waals surface area contributed by atoms with Gasteiger partial charge < -0.3 is 5.73 Å². The summed E-state index contributed by atoms with van der Waals surface area (Å²) in [5.74, 6) is 0. The van der Waals surface area contributed by atoms with Gasteiger partial charge in [0.1, 0.15) is 6.17 Å². The fourth-order valence-electron chi connectivity index (χ4n) is 3.03. The Morgan fingerprint density at radius 1 is 1.05 bits per heavy atom. The minimum absolute atomic E-state index is 0.389. The van der Waals surface area contributed by atoms with Gasteiger partial charge in [-0.05, 0) is 32.1 Å². The number of allylic oxidation sites excluding steroid dienone is 2. The van der Waals surface area contributed by atoms with Gasteiger partial charge in [-0.2, -0.15) is 0 Å². The monoisotopic (exact) mass is 307 g/mol. The molecule has 1 rings (SSSR count). The third-order valence-electron chi connectivity index (χ3n) is 4.41. The summed E-state index contributed by atoms with van der Waals surface area (Å²) in [6.07, 6.45) is 21.8. The standard InChI is InChI=1S/C19H37N3/c1-2-3-4-5-6-7-8-9-10-11-12-13-14-19-21-16-18-22(19)17-15-20/h10-11,16,19H,2-9,12-15,17-18,20H2,1H3/b11-10+. The fraction of sp³-hybridized carbons (Fsp3) is 0.842. The molecule has 128 valence electrons. The molecule has 0 aromatic heterocycles. The quantitative estimate of drug-likeness (QED) is 0.378. The van der Waals surface area contributed by atoms with E-state index in [0.29, 0.717) is 6.17 Å². The Labute approximate surface area is 138 Å². The van der Waals surface area contributed by atoms with E-state index in [0.717, 1.165) is 26.1 Å². The predicted molar refractivity (Wildman–Crippen MR) is 98.5 cm³/mol. The van der Waals surface area contributed by atoms with Crippen LogP contribution in [0.3, 0.4) is 0 Å². The van der Waals surface area contributed by atoms with Crippen LogP contribution < -0.4 is 5.73 Å². The lowest BCUT2D eigenvalue weighted by Gasteiger charge is -2.21. The number of aliphatic imine (C=N–C) groups is 1. The molecule has 0 radical (unpaired) electrons. The van der Waals surface area contributed by atoms with E-state index in [1.807, 2.05) is 6.21 Å². The van der Waals surface area contributed by atoms with E-state index in [4.69, 9.17) is 5.73 Å². The summed E-state index contributed by atoms with van der Waals surface area (Å²) < 4.78 is 0. The van der Waals surface area contributed by atoms with E-state index in [2.05, 4.69) is 29.0 Å². The van der Waals surface area contributed by atoms with E-state index < -0.39 is 0 Å². The highest BCUT2D eigenvalue weighted by molar-refractivity contribution is 5.62. The predicted octanol–water partition coefficient (Wildman–Crippen LogP) is 4.52. The molecule has 3 nitrogen and oxygen atoms in total. The molecule has 1 heterocycles. The Morgan fingerprint density at radius 3 is 2.45 bits per heavy atom. The van der Waals surface area contributed by atoms with Crippen LogP contribution in [0.4, 0.5) is 0 Å². The molecule has 22 heavy (non-hydrogen) atoms. The van der Waals surface area contributed by atoms with Crippen LogP contribution in [-0.2, 0) is 0 Å². The van der Waals surface area contributed by atoms with Crippen LogP contribution in [0.5, 0.6) is 0 Å². The second-order valence-electron chi connectivity index (χ2n) is 6.41. The lowest BCUT2D eigenvalue weighted by atomic mass is 10.1. The van der Waals surface area contributed by atoms with Gasteiger partial charge in [-0.15, -0.1) is 0 Å². The summed E-state index contributed by atoms with van der Waals surface area (Å²) in [7, 11) is 0. The van der Waals surface area contributed by atoms with Crippen LogP contribution in [0.15, 0.2) is 17.1 Å². The second kappa shape index (κ2) is 14.0. The zero-order chi connectivity index (χ0) is 15.9. The maximum atomic E-state index is 5.63. The molecule has 0 fully saturated rings. The van der Waals surface area contributed by atoms with E-state index in [1.54, 1.807) is 0 Å². The Hall–Kier alpha value is -0.670. The van der Waals surface area contributed by atoms with Crippen molar-refractivity contribution in [2.24, 2.45) is 10.7 Å². The molecule has 0 amide bonds. The summed E-state index contributed by atoms with van der Waals surface area (Å²) in [5.41, 5.74) is 5.63. The zero-order valence-electron chi connectivity index (χ0n) is 14.7. The van der Waals surface area contributed by atoms with E-state index in [1.165, 1.54) is 64.2 Å². The molecule has 0 spiro atoms. The van der Waals surface area contributed by atoms with Crippen molar-refractivity contribution in [2.75, 3.05) is 19.6 Å². The first kappa shape index (κ1) is 19.4. The summed E-state index contributed by atoms with van der Waals surface area (Å²) in [6, 6.07) is 0. The molecule has 0 aromatic carbocycles. The van der Waals surface area contributed by atoms with Gasteiger partial charge in [0.05, 0.1) is 0 Å². The van der Waals surface area contributed by atoms with Gasteiger partial charge in [-0.3, -0.25) is 9.89 Å². The van der Waals surface area contributed by atoms with E-state index >= 15 is 0 Å². The minimum atomic E-state index is 0.389. The molecular weight excluding hydrogens is 270 g/mol. The third kappa shape index (κ3) is 9.37. The first-order chi connectivity index (χ1) is 10.9. The van der Waals surface area contributed by atoms with Crippen molar-refractivity contribution in [3.8, 4) is 0 Å². The summed E-state index contributed by atoms with van der Waals surface area (Å²) in [6.45, 7) is 4.96. The van der Waals surface area contributed by atoms with Crippen molar-refractivity contribution in [3.05, 3.63) is 12.2 Å². The molecule has 1 atom stereocenters. The lowest BCUT2D eigenvalue weighted by molar-refractivity contribution is 0.243. The Bertz CT molecular complexity index is 299. The van der Waals surface area contributed by atoms with Gasteiger partial charge >= 0.3 is 0 Å². The molecule has 0 aromatic rings. The van der Waals surface area contributed by atoms with Crippen LogP contribution in [0.25, 0.3) is 0 Å². The van der Waals surface area contributed by atoms with Crippen molar-refractivity contribution in [1.29, 1.82) is 0 Å². The molecule has 0 saturated carbocycles. The first-order valence-electron chi connectivity index (χ1n) is 9.49. The van der Waals surface area contributed by atoms with Crippen LogP contribution in [0, 0.1) is 0 Å². The molecule has 1 aliphatic heterocycles. The third-order valence-corrected chi connectivity index (χ3v) is 4.41. The zero-order valence-corrected chi connectivity index (χ0v) is 14.7. The average Bonchev–Trinajstić information content (AvgIpc) is 2.96. The molecular formula is C19H37N3. The highest BCUT2D eigenvalue weighted by atomic mass is 15.3. The topological polar surface area (TPSA) is 41.6 Å². The van der Waals surface area contributed by atoms with E-state index in [-0.39, 0.29) is 0 Å². The fourth-order valence-corrected chi connectivity index (χ4v) is 3.03.